The number of nitrogens with zero attached hydrogens (tertiary/aromatic N) is 4. The summed E-state index contributed by atoms with van der Waals surface area (Å²) in [6, 6.07) is 1.73. The highest BCUT2D eigenvalue weighted by Crippen LogP contribution is 2.23. The first-order valence-corrected chi connectivity index (χ1v) is 5.93. The van der Waals surface area contributed by atoms with Gasteiger partial charge in [-0.1, -0.05) is 12.1 Å². The van der Waals surface area contributed by atoms with Crippen LogP contribution in [0.15, 0.2) is 16.8 Å². The molecule has 2 atom stereocenters. The van der Waals surface area contributed by atoms with Gasteiger partial charge in [0.1, 0.15) is 11.5 Å². The summed E-state index contributed by atoms with van der Waals surface area (Å²) in [7, 11) is 0. The van der Waals surface area contributed by atoms with Gasteiger partial charge in [-0.25, -0.2) is 9.97 Å². The molecule has 0 amide bonds. The van der Waals surface area contributed by atoms with Gasteiger partial charge in [-0.15, -0.1) is 0 Å². The predicted octanol–water partition coefficient (Wildman–Crippen LogP) is 1.71. The first-order chi connectivity index (χ1) is 8.61. The van der Waals surface area contributed by atoms with E-state index in [1.165, 1.54) is 0 Å². The maximum Gasteiger partial charge on any atom is 0.232 e. The van der Waals surface area contributed by atoms with E-state index in [0.29, 0.717) is 23.2 Å². The van der Waals surface area contributed by atoms with Gasteiger partial charge in [0.2, 0.25) is 11.7 Å². The molecule has 1 N–H and O–H groups in total. The average Bonchev–Trinajstić information content (AvgIpc) is 2.79. The largest absolute Gasteiger partial charge is 0.393 e. The molecule has 0 radical (unpaired) electrons. The van der Waals surface area contributed by atoms with Crippen LogP contribution in [0.5, 0.6) is 0 Å². The zero-order valence-corrected chi connectivity index (χ0v) is 10.7. The lowest BCUT2D eigenvalue weighted by atomic mass is 10.0. The molecule has 0 fully saturated rings. The molecule has 0 aliphatic carbocycles. The van der Waals surface area contributed by atoms with Crippen LogP contribution >= 0.6 is 0 Å². The second-order valence-electron chi connectivity index (χ2n) is 4.20. The molecular formula is C12H16N4O2. The summed E-state index contributed by atoms with van der Waals surface area (Å²) in [6.07, 6.45) is 1.87. The zero-order valence-electron chi connectivity index (χ0n) is 10.7. The van der Waals surface area contributed by atoms with E-state index < -0.39 is 6.10 Å². The van der Waals surface area contributed by atoms with Crippen LogP contribution in [0.3, 0.4) is 0 Å². The Bertz CT molecular complexity index is 524. The van der Waals surface area contributed by atoms with Crippen molar-refractivity contribution in [2.24, 2.45) is 0 Å². The lowest BCUT2D eigenvalue weighted by Crippen LogP contribution is -2.14. The number of hydrogen-bond acceptors (Lipinski definition) is 6. The van der Waals surface area contributed by atoms with E-state index in [1.54, 1.807) is 26.1 Å². The molecule has 0 bridgehead atoms. The lowest BCUT2D eigenvalue weighted by Gasteiger charge is -2.12. The van der Waals surface area contributed by atoms with Gasteiger partial charge >= 0.3 is 0 Å². The fourth-order valence-electron chi connectivity index (χ4n) is 1.79. The van der Waals surface area contributed by atoms with E-state index in [2.05, 4.69) is 20.1 Å². The third-order valence-corrected chi connectivity index (χ3v) is 2.79. The number of aliphatic hydroxyl groups excluding tert-OH is 1. The molecule has 0 aliphatic rings. The molecule has 0 spiro atoms. The van der Waals surface area contributed by atoms with Crippen molar-refractivity contribution in [3.05, 3.63) is 24.0 Å². The highest BCUT2D eigenvalue weighted by Gasteiger charge is 2.22. The van der Waals surface area contributed by atoms with Gasteiger partial charge in [0.15, 0.2) is 0 Å². The van der Waals surface area contributed by atoms with E-state index in [1.807, 2.05) is 6.92 Å². The lowest BCUT2D eigenvalue weighted by molar-refractivity contribution is 0.141. The van der Waals surface area contributed by atoms with Crippen LogP contribution < -0.4 is 0 Å². The van der Waals surface area contributed by atoms with E-state index in [4.69, 9.17) is 4.52 Å². The zero-order chi connectivity index (χ0) is 13.1. The van der Waals surface area contributed by atoms with Gasteiger partial charge in [0, 0.05) is 6.20 Å². The van der Waals surface area contributed by atoms with Gasteiger partial charge in [-0.3, -0.25) is 0 Å². The first-order valence-electron chi connectivity index (χ1n) is 5.93. The molecule has 2 heterocycles. The molecule has 2 aromatic rings. The van der Waals surface area contributed by atoms with E-state index in [0.717, 1.165) is 6.42 Å². The topological polar surface area (TPSA) is 84.9 Å². The number of hydrogen-bond donors (Lipinski definition) is 1. The summed E-state index contributed by atoms with van der Waals surface area (Å²) < 4.78 is 5.19. The number of aryl methyl sites for hydroxylation is 1. The second-order valence-corrected chi connectivity index (χ2v) is 4.20. The van der Waals surface area contributed by atoms with Crippen LogP contribution in [0.25, 0.3) is 11.5 Å². The van der Waals surface area contributed by atoms with E-state index in [9.17, 15) is 5.11 Å². The number of aliphatic hydroxyl groups is 1. The smallest absolute Gasteiger partial charge is 0.232 e. The summed E-state index contributed by atoms with van der Waals surface area (Å²) in [4.78, 5) is 12.5. The van der Waals surface area contributed by atoms with Crippen LogP contribution in [-0.4, -0.2) is 31.3 Å². The van der Waals surface area contributed by atoms with Crippen molar-refractivity contribution in [3.8, 4) is 11.5 Å². The summed E-state index contributed by atoms with van der Waals surface area (Å²) >= 11 is 0. The number of aromatic nitrogens is 4. The molecular weight excluding hydrogens is 232 g/mol. The van der Waals surface area contributed by atoms with Crippen molar-refractivity contribution < 1.29 is 9.63 Å². The Kier molecular flexibility index (Phi) is 3.66. The Morgan fingerprint density at radius 3 is 2.78 bits per heavy atom. The summed E-state index contributed by atoms with van der Waals surface area (Å²) in [6.45, 7) is 5.48. The quantitative estimate of drug-likeness (QED) is 0.886. The van der Waals surface area contributed by atoms with Crippen molar-refractivity contribution in [1.82, 2.24) is 20.1 Å². The van der Waals surface area contributed by atoms with Gasteiger partial charge in [-0.2, -0.15) is 4.98 Å². The van der Waals surface area contributed by atoms with Crippen molar-refractivity contribution in [3.63, 3.8) is 0 Å². The molecule has 0 saturated heterocycles. The van der Waals surface area contributed by atoms with Gasteiger partial charge < -0.3 is 9.63 Å². The maximum atomic E-state index is 9.64. The highest BCUT2D eigenvalue weighted by atomic mass is 16.5. The molecule has 0 aromatic carbocycles. The van der Waals surface area contributed by atoms with Crippen molar-refractivity contribution >= 4 is 0 Å². The average molecular weight is 248 g/mol. The molecule has 18 heavy (non-hydrogen) atoms. The van der Waals surface area contributed by atoms with Crippen molar-refractivity contribution in [1.29, 1.82) is 0 Å². The standard InChI is InChI=1S/C12H16N4O2/c1-4-9(7(2)17)12-15-11(16-18-12)10-5-6-13-8(3)14-10/h5-7,9,17H,4H2,1-3H3. The third kappa shape index (κ3) is 2.53. The van der Waals surface area contributed by atoms with Crippen LogP contribution in [-0.2, 0) is 0 Å². The molecule has 0 aliphatic heterocycles. The Balaban J connectivity index is 2.30. The Labute approximate surface area is 105 Å². The fourth-order valence-corrected chi connectivity index (χ4v) is 1.79. The van der Waals surface area contributed by atoms with Gasteiger partial charge in [0.05, 0.1) is 12.0 Å². The van der Waals surface area contributed by atoms with Crippen LogP contribution in [0, 0.1) is 6.92 Å². The molecule has 6 heteroatoms. The molecule has 2 aromatic heterocycles. The predicted molar refractivity (Wildman–Crippen MR) is 64.8 cm³/mol. The first kappa shape index (κ1) is 12.6. The maximum absolute atomic E-state index is 9.64. The van der Waals surface area contributed by atoms with Crippen molar-refractivity contribution in [2.45, 2.75) is 39.2 Å². The van der Waals surface area contributed by atoms with E-state index in [-0.39, 0.29) is 5.92 Å². The molecule has 0 saturated carbocycles. The second kappa shape index (κ2) is 5.22. The monoisotopic (exact) mass is 248 g/mol. The van der Waals surface area contributed by atoms with Gasteiger partial charge in [0.25, 0.3) is 0 Å². The van der Waals surface area contributed by atoms with Crippen LogP contribution in [0.2, 0.25) is 0 Å². The molecule has 6 nitrogen and oxygen atoms in total. The highest BCUT2D eigenvalue weighted by molar-refractivity contribution is 5.47. The Morgan fingerprint density at radius 2 is 2.17 bits per heavy atom. The molecule has 2 rings (SSSR count). The minimum Gasteiger partial charge on any atom is -0.393 e. The Morgan fingerprint density at radius 1 is 1.39 bits per heavy atom. The van der Waals surface area contributed by atoms with E-state index >= 15 is 0 Å². The minimum atomic E-state index is -0.518. The normalized spacial score (nSPS) is 14.4. The molecule has 96 valence electrons. The number of rotatable bonds is 4. The third-order valence-electron chi connectivity index (χ3n) is 2.79. The summed E-state index contributed by atoms with van der Waals surface area (Å²) in [5, 5.41) is 13.5. The Hall–Kier alpha value is -1.82. The van der Waals surface area contributed by atoms with Crippen molar-refractivity contribution in [2.75, 3.05) is 0 Å². The summed E-state index contributed by atoms with van der Waals surface area (Å²) in [5.41, 5.74) is 0.623. The SMILES string of the molecule is CCC(c1nc(-c2ccnc(C)n2)no1)C(C)O. The van der Waals surface area contributed by atoms with Gasteiger partial charge in [-0.05, 0) is 26.3 Å². The minimum absolute atomic E-state index is 0.144. The van der Waals surface area contributed by atoms with Crippen LogP contribution in [0.4, 0.5) is 0 Å². The van der Waals surface area contributed by atoms with Crippen LogP contribution in [0.1, 0.15) is 37.9 Å². The summed E-state index contributed by atoms with van der Waals surface area (Å²) in [5.74, 6) is 1.38. The fraction of sp³-hybridized carbons (Fsp3) is 0.500. The molecule has 2 unspecified atom stereocenters.